The first-order valence-corrected chi connectivity index (χ1v) is 10.8. The maximum absolute atomic E-state index is 11.7. The number of carboxylic acids is 1. The summed E-state index contributed by atoms with van der Waals surface area (Å²) in [6.45, 7) is 3.57. The van der Waals surface area contributed by atoms with Crippen LogP contribution in [0.2, 0.25) is 0 Å². The fourth-order valence-electron chi connectivity index (χ4n) is 2.58. The molecule has 3 N–H and O–H groups in total. The predicted octanol–water partition coefficient (Wildman–Crippen LogP) is 5.08. The van der Waals surface area contributed by atoms with Crippen LogP contribution in [-0.2, 0) is 9.59 Å². The summed E-state index contributed by atoms with van der Waals surface area (Å²) in [7, 11) is 0. The Labute approximate surface area is 176 Å². The van der Waals surface area contributed by atoms with Gasteiger partial charge in [0, 0.05) is 6.42 Å². The van der Waals surface area contributed by atoms with Crippen molar-refractivity contribution in [3.63, 3.8) is 0 Å². The van der Waals surface area contributed by atoms with Crippen LogP contribution in [0, 0.1) is 0 Å². The lowest BCUT2D eigenvalue weighted by Crippen LogP contribution is -2.47. The molecule has 0 aliphatic rings. The molecule has 29 heavy (non-hydrogen) atoms. The van der Waals surface area contributed by atoms with Crippen LogP contribution in [0.25, 0.3) is 0 Å². The van der Waals surface area contributed by atoms with Gasteiger partial charge in [0.2, 0.25) is 5.91 Å². The zero-order valence-corrected chi connectivity index (χ0v) is 18.1. The topological polar surface area (TPSA) is 86.6 Å². The summed E-state index contributed by atoms with van der Waals surface area (Å²) in [5.41, 5.74) is 0. The Bertz CT molecular complexity index is 547. The van der Waals surface area contributed by atoms with Crippen LogP contribution in [-0.4, -0.2) is 34.2 Å². The van der Waals surface area contributed by atoms with E-state index in [0.717, 1.165) is 25.7 Å². The first-order chi connectivity index (χ1) is 14.0. The molecule has 0 spiro atoms. The van der Waals surface area contributed by atoms with E-state index < -0.39 is 18.1 Å². The molecule has 2 atom stereocenters. The van der Waals surface area contributed by atoms with Crippen molar-refractivity contribution < 1.29 is 19.8 Å². The molecule has 0 aromatic carbocycles. The van der Waals surface area contributed by atoms with Crippen LogP contribution in [0.15, 0.2) is 48.6 Å². The van der Waals surface area contributed by atoms with Gasteiger partial charge in [0.1, 0.15) is 0 Å². The molecule has 1 amide bonds. The van der Waals surface area contributed by atoms with Crippen LogP contribution in [0.3, 0.4) is 0 Å². The lowest BCUT2D eigenvalue weighted by molar-refractivity contribution is -0.144. The summed E-state index contributed by atoms with van der Waals surface area (Å²) in [6, 6.07) is -1.25. The van der Waals surface area contributed by atoms with Gasteiger partial charge in [0.05, 0.1) is 6.10 Å². The number of hydrogen-bond donors (Lipinski definition) is 3. The molecule has 0 aliphatic carbocycles. The Morgan fingerprint density at radius 3 is 1.76 bits per heavy atom. The van der Waals surface area contributed by atoms with Gasteiger partial charge in [-0.05, 0) is 51.9 Å². The van der Waals surface area contributed by atoms with E-state index in [9.17, 15) is 14.7 Å². The van der Waals surface area contributed by atoms with Crippen LogP contribution < -0.4 is 5.32 Å². The van der Waals surface area contributed by atoms with Crippen LogP contribution in [0.1, 0.15) is 78.1 Å². The van der Waals surface area contributed by atoms with Gasteiger partial charge in [-0.3, -0.25) is 4.79 Å². The van der Waals surface area contributed by atoms with Crippen LogP contribution in [0.5, 0.6) is 0 Å². The van der Waals surface area contributed by atoms with Crippen molar-refractivity contribution in [2.24, 2.45) is 0 Å². The van der Waals surface area contributed by atoms with Crippen molar-refractivity contribution >= 4 is 11.9 Å². The second kappa shape index (κ2) is 19.2. The average molecular weight is 406 g/mol. The summed E-state index contributed by atoms with van der Waals surface area (Å²) in [5.74, 6) is -1.58. The summed E-state index contributed by atoms with van der Waals surface area (Å²) in [4.78, 5) is 22.6. The molecule has 0 radical (unpaired) electrons. The van der Waals surface area contributed by atoms with Gasteiger partial charge >= 0.3 is 5.97 Å². The first-order valence-electron chi connectivity index (χ1n) is 10.8. The Kier molecular flexibility index (Phi) is 17.8. The molecule has 5 heteroatoms. The number of carbonyl (C=O) groups excluding carboxylic acids is 1. The van der Waals surface area contributed by atoms with E-state index in [-0.39, 0.29) is 12.3 Å². The largest absolute Gasteiger partial charge is 0.480 e. The van der Waals surface area contributed by atoms with E-state index in [1.54, 1.807) is 0 Å². The summed E-state index contributed by atoms with van der Waals surface area (Å²) < 4.78 is 0. The van der Waals surface area contributed by atoms with E-state index in [2.05, 4.69) is 54.8 Å². The normalized spacial score (nSPS) is 14.3. The second-order valence-electron chi connectivity index (χ2n) is 7.10. The zero-order chi connectivity index (χ0) is 21.7. The monoisotopic (exact) mass is 405 g/mol. The molecule has 0 bridgehead atoms. The lowest BCUT2D eigenvalue weighted by atomic mass is 10.1. The number of carboxylic acid groups (broad SMARTS) is 1. The highest BCUT2D eigenvalue weighted by atomic mass is 16.4. The summed E-state index contributed by atoms with van der Waals surface area (Å²) in [6.07, 6.45) is 25.6. The van der Waals surface area contributed by atoms with Gasteiger partial charge in [-0.15, -0.1) is 0 Å². The quantitative estimate of drug-likeness (QED) is 0.233. The molecular weight excluding hydrogens is 366 g/mol. The van der Waals surface area contributed by atoms with E-state index in [4.69, 9.17) is 5.11 Å². The number of rotatable bonds is 17. The molecule has 0 heterocycles. The van der Waals surface area contributed by atoms with Gasteiger partial charge in [-0.1, -0.05) is 68.4 Å². The van der Waals surface area contributed by atoms with E-state index in [1.807, 2.05) is 6.08 Å². The average Bonchev–Trinajstić information content (AvgIpc) is 2.68. The number of aliphatic hydroxyl groups excluding tert-OH is 1. The number of nitrogens with one attached hydrogen (secondary N) is 1. The number of carbonyl (C=O) groups is 2. The van der Waals surface area contributed by atoms with Crippen molar-refractivity contribution in [3.05, 3.63) is 48.6 Å². The standard InChI is InChI=1S/C24H39NO4/c1-3-4-5-6-7-8-9-10-11-12-13-14-15-16-17-18-19-20-22(27)25-23(21(2)26)24(28)29/h7-8,10-11,13-14,16-17,21,23,26H,3-6,9,12,15,18-20H2,1-2H3,(H,25,27)(H,28,29)/b8-7-,11-10-,14-13-,17-16-. The van der Waals surface area contributed by atoms with Gasteiger partial charge in [-0.25, -0.2) is 4.79 Å². The number of hydrogen-bond acceptors (Lipinski definition) is 3. The van der Waals surface area contributed by atoms with Crippen molar-refractivity contribution in [3.8, 4) is 0 Å². The molecular formula is C24H39NO4. The number of aliphatic hydroxyl groups is 1. The maximum Gasteiger partial charge on any atom is 0.328 e. The third-order valence-corrected chi connectivity index (χ3v) is 4.30. The Balaban J connectivity index is 3.69. The molecule has 0 aromatic heterocycles. The highest BCUT2D eigenvalue weighted by Crippen LogP contribution is 2.02. The first kappa shape index (κ1) is 26.9. The van der Waals surface area contributed by atoms with E-state index in [0.29, 0.717) is 6.42 Å². The summed E-state index contributed by atoms with van der Waals surface area (Å²) in [5, 5.41) is 20.6. The molecule has 0 fully saturated rings. The summed E-state index contributed by atoms with van der Waals surface area (Å²) >= 11 is 0. The Morgan fingerprint density at radius 1 is 0.828 bits per heavy atom. The van der Waals surface area contributed by atoms with Gasteiger partial charge in [0.15, 0.2) is 6.04 Å². The third kappa shape index (κ3) is 17.7. The molecule has 0 aliphatic heterocycles. The van der Waals surface area contributed by atoms with Crippen molar-refractivity contribution in [1.29, 1.82) is 0 Å². The van der Waals surface area contributed by atoms with Crippen LogP contribution in [0.4, 0.5) is 0 Å². The van der Waals surface area contributed by atoms with E-state index in [1.165, 1.54) is 32.6 Å². The molecule has 164 valence electrons. The molecule has 5 nitrogen and oxygen atoms in total. The van der Waals surface area contributed by atoms with Gasteiger partial charge < -0.3 is 15.5 Å². The number of aliphatic carboxylic acids is 1. The van der Waals surface area contributed by atoms with Crippen molar-refractivity contribution in [1.82, 2.24) is 5.32 Å². The zero-order valence-electron chi connectivity index (χ0n) is 18.1. The molecule has 2 unspecified atom stereocenters. The molecule has 0 saturated heterocycles. The Hall–Kier alpha value is -2.14. The maximum atomic E-state index is 11.7. The number of unbranched alkanes of at least 4 members (excludes halogenated alkanes) is 4. The van der Waals surface area contributed by atoms with Gasteiger partial charge in [0.25, 0.3) is 0 Å². The van der Waals surface area contributed by atoms with Crippen LogP contribution >= 0.6 is 0 Å². The minimum Gasteiger partial charge on any atom is -0.480 e. The molecule has 0 aromatic rings. The Morgan fingerprint density at radius 2 is 1.31 bits per heavy atom. The minimum atomic E-state index is -1.25. The van der Waals surface area contributed by atoms with Crippen molar-refractivity contribution in [2.45, 2.75) is 90.2 Å². The SMILES string of the molecule is CCCCC/C=C\C/C=C\C/C=C\C/C=C\CCCC(=O)NC(C(=O)O)C(C)O. The fraction of sp³-hybridized carbons (Fsp3) is 0.583. The highest BCUT2D eigenvalue weighted by molar-refractivity contribution is 5.83. The fourth-order valence-corrected chi connectivity index (χ4v) is 2.58. The smallest absolute Gasteiger partial charge is 0.328 e. The van der Waals surface area contributed by atoms with Gasteiger partial charge in [-0.2, -0.15) is 0 Å². The highest BCUT2D eigenvalue weighted by Gasteiger charge is 2.24. The second-order valence-corrected chi connectivity index (χ2v) is 7.10. The molecule has 0 saturated carbocycles. The third-order valence-electron chi connectivity index (χ3n) is 4.30. The number of amides is 1. The van der Waals surface area contributed by atoms with E-state index >= 15 is 0 Å². The van der Waals surface area contributed by atoms with Crippen molar-refractivity contribution in [2.75, 3.05) is 0 Å². The molecule has 0 rings (SSSR count). The lowest BCUT2D eigenvalue weighted by Gasteiger charge is -2.16. The predicted molar refractivity (Wildman–Crippen MR) is 120 cm³/mol. The minimum absolute atomic E-state index is 0.245. The number of allylic oxidation sites excluding steroid dienone is 8.